The highest BCUT2D eigenvalue weighted by atomic mass is 35.5. The van der Waals surface area contributed by atoms with E-state index < -0.39 is 0 Å². The molecule has 84 valence electrons. The van der Waals surface area contributed by atoms with Gasteiger partial charge in [-0.2, -0.15) is 11.8 Å². The highest BCUT2D eigenvalue weighted by Crippen LogP contribution is 2.20. The summed E-state index contributed by atoms with van der Waals surface area (Å²) in [5, 5.41) is 4.37. The summed E-state index contributed by atoms with van der Waals surface area (Å²) in [4.78, 5) is 8.41. The standard InChI is InChI=1S/C10H16ClN3S/c1-6(15-4)5-12-10-7(2)9(11)13-8(3)14-10/h6H,5H2,1-4H3,(H,12,13,14). The second-order valence-corrected chi connectivity index (χ2v) is 5.10. The molecule has 0 aliphatic rings. The summed E-state index contributed by atoms with van der Waals surface area (Å²) in [5.41, 5.74) is 0.913. The van der Waals surface area contributed by atoms with Crippen LogP contribution in [0.2, 0.25) is 5.15 Å². The van der Waals surface area contributed by atoms with Crippen LogP contribution in [0.3, 0.4) is 0 Å². The maximum absolute atomic E-state index is 5.97. The minimum atomic E-state index is 0.529. The Kier molecular flexibility index (Phi) is 4.67. The fourth-order valence-corrected chi connectivity index (χ4v) is 1.55. The Labute approximate surface area is 100 Å². The maximum atomic E-state index is 5.97. The molecule has 0 aliphatic heterocycles. The smallest absolute Gasteiger partial charge is 0.137 e. The van der Waals surface area contributed by atoms with Crippen LogP contribution in [0.4, 0.5) is 5.82 Å². The maximum Gasteiger partial charge on any atom is 0.137 e. The van der Waals surface area contributed by atoms with Crippen molar-refractivity contribution in [2.24, 2.45) is 0 Å². The molecule has 1 unspecified atom stereocenters. The first-order valence-electron chi connectivity index (χ1n) is 4.82. The van der Waals surface area contributed by atoms with E-state index >= 15 is 0 Å². The molecule has 5 heteroatoms. The Morgan fingerprint density at radius 3 is 2.67 bits per heavy atom. The minimum Gasteiger partial charge on any atom is -0.369 e. The van der Waals surface area contributed by atoms with E-state index in [-0.39, 0.29) is 0 Å². The van der Waals surface area contributed by atoms with E-state index in [4.69, 9.17) is 11.6 Å². The molecule has 0 bridgehead atoms. The van der Waals surface area contributed by atoms with Crippen LogP contribution < -0.4 is 5.32 Å². The number of anilines is 1. The number of thioether (sulfide) groups is 1. The molecule has 1 rings (SSSR count). The average molecular weight is 246 g/mol. The molecule has 0 aliphatic carbocycles. The highest BCUT2D eigenvalue weighted by molar-refractivity contribution is 7.99. The third-order valence-corrected chi connectivity index (χ3v) is 3.50. The minimum absolute atomic E-state index is 0.529. The zero-order valence-electron chi connectivity index (χ0n) is 9.47. The molecular weight excluding hydrogens is 230 g/mol. The Morgan fingerprint density at radius 2 is 2.07 bits per heavy atom. The Bertz CT molecular complexity index is 344. The summed E-state index contributed by atoms with van der Waals surface area (Å²) < 4.78 is 0. The molecule has 0 fully saturated rings. The summed E-state index contributed by atoms with van der Waals surface area (Å²) in [6.07, 6.45) is 2.09. The van der Waals surface area contributed by atoms with Crippen molar-refractivity contribution in [1.29, 1.82) is 0 Å². The summed E-state index contributed by atoms with van der Waals surface area (Å²) in [6.45, 7) is 6.82. The molecule has 1 atom stereocenters. The van der Waals surface area contributed by atoms with Gasteiger partial charge in [0.15, 0.2) is 0 Å². The van der Waals surface area contributed by atoms with E-state index in [0.29, 0.717) is 16.2 Å². The summed E-state index contributed by atoms with van der Waals surface area (Å²) in [5.74, 6) is 1.54. The van der Waals surface area contributed by atoms with Gasteiger partial charge in [0.25, 0.3) is 0 Å². The molecule has 15 heavy (non-hydrogen) atoms. The van der Waals surface area contributed by atoms with Crippen LogP contribution in [0.25, 0.3) is 0 Å². The monoisotopic (exact) mass is 245 g/mol. The van der Waals surface area contributed by atoms with E-state index in [1.807, 2.05) is 25.6 Å². The first-order chi connectivity index (χ1) is 7.04. The number of hydrogen-bond donors (Lipinski definition) is 1. The van der Waals surface area contributed by atoms with Crippen LogP contribution in [-0.4, -0.2) is 28.0 Å². The fourth-order valence-electron chi connectivity index (χ4n) is 1.09. The first kappa shape index (κ1) is 12.6. The van der Waals surface area contributed by atoms with Gasteiger partial charge in [0.1, 0.15) is 16.8 Å². The molecular formula is C10H16ClN3S. The van der Waals surface area contributed by atoms with Crippen LogP contribution in [0.5, 0.6) is 0 Å². The van der Waals surface area contributed by atoms with Crippen molar-refractivity contribution in [3.8, 4) is 0 Å². The van der Waals surface area contributed by atoms with Crippen LogP contribution >= 0.6 is 23.4 Å². The molecule has 0 spiro atoms. The molecule has 1 aromatic heterocycles. The van der Waals surface area contributed by atoms with Crippen LogP contribution in [0.15, 0.2) is 0 Å². The topological polar surface area (TPSA) is 37.8 Å². The molecule has 3 nitrogen and oxygen atoms in total. The van der Waals surface area contributed by atoms with Gasteiger partial charge in [0.05, 0.1) is 0 Å². The van der Waals surface area contributed by atoms with Crippen molar-refractivity contribution < 1.29 is 0 Å². The summed E-state index contributed by atoms with van der Waals surface area (Å²) >= 11 is 7.79. The van der Waals surface area contributed by atoms with Gasteiger partial charge in [-0.05, 0) is 20.1 Å². The second kappa shape index (κ2) is 5.56. The lowest BCUT2D eigenvalue weighted by atomic mass is 10.3. The number of halogens is 1. The second-order valence-electron chi connectivity index (χ2n) is 3.46. The SMILES string of the molecule is CSC(C)CNc1nc(C)nc(Cl)c1C. The molecule has 0 aromatic carbocycles. The number of aryl methyl sites for hydroxylation is 1. The van der Waals surface area contributed by atoms with Crippen molar-refractivity contribution in [2.75, 3.05) is 18.1 Å². The molecule has 1 N–H and O–H groups in total. The van der Waals surface area contributed by atoms with Gasteiger partial charge in [-0.25, -0.2) is 9.97 Å². The van der Waals surface area contributed by atoms with Gasteiger partial charge < -0.3 is 5.32 Å². The molecule has 0 radical (unpaired) electrons. The zero-order chi connectivity index (χ0) is 11.4. The van der Waals surface area contributed by atoms with Crippen molar-refractivity contribution >= 4 is 29.2 Å². The van der Waals surface area contributed by atoms with E-state index in [1.54, 1.807) is 0 Å². The normalized spacial score (nSPS) is 12.6. The number of hydrogen-bond acceptors (Lipinski definition) is 4. The molecule has 0 saturated carbocycles. The van der Waals surface area contributed by atoms with Crippen LogP contribution in [-0.2, 0) is 0 Å². The predicted octanol–water partition coefficient (Wildman–Crippen LogP) is 2.91. The van der Waals surface area contributed by atoms with Crippen molar-refractivity contribution in [3.63, 3.8) is 0 Å². The third kappa shape index (κ3) is 3.54. The summed E-state index contributed by atoms with van der Waals surface area (Å²) in [6, 6.07) is 0. The Morgan fingerprint density at radius 1 is 1.40 bits per heavy atom. The van der Waals surface area contributed by atoms with Crippen molar-refractivity contribution in [2.45, 2.75) is 26.0 Å². The highest BCUT2D eigenvalue weighted by Gasteiger charge is 2.07. The number of nitrogens with one attached hydrogen (secondary N) is 1. The lowest BCUT2D eigenvalue weighted by Gasteiger charge is -2.13. The van der Waals surface area contributed by atoms with Crippen LogP contribution in [0, 0.1) is 13.8 Å². The summed E-state index contributed by atoms with van der Waals surface area (Å²) in [7, 11) is 0. The first-order valence-corrected chi connectivity index (χ1v) is 6.48. The Balaban J connectivity index is 2.76. The third-order valence-electron chi connectivity index (χ3n) is 2.16. The fraction of sp³-hybridized carbons (Fsp3) is 0.600. The van der Waals surface area contributed by atoms with Crippen LogP contribution in [0.1, 0.15) is 18.3 Å². The lowest BCUT2D eigenvalue weighted by Crippen LogP contribution is -2.15. The quantitative estimate of drug-likeness (QED) is 0.828. The van der Waals surface area contributed by atoms with Crippen molar-refractivity contribution in [3.05, 3.63) is 16.5 Å². The Hall–Kier alpha value is -0.480. The lowest BCUT2D eigenvalue weighted by molar-refractivity contribution is 0.961. The largest absolute Gasteiger partial charge is 0.369 e. The van der Waals surface area contributed by atoms with Gasteiger partial charge in [-0.15, -0.1) is 0 Å². The van der Waals surface area contributed by atoms with E-state index in [2.05, 4.69) is 28.5 Å². The predicted molar refractivity (Wildman–Crippen MR) is 68.0 cm³/mol. The van der Waals surface area contributed by atoms with E-state index in [9.17, 15) is 0 Å². The number of nitrogens with zero attached hydrogens (tertiary/aromatic N) is 2. The number of aromatic nitrogens is 2. The average Bonchev–Trinajstić information content (AvgIpc) is 2.20. The molecule has 0 saturated heterocycles. The van der Waals surface area contributed by atoms with Gasteiger partial charge in [0, 0.05) is 17.4 Å². The molecule has 0 amide bonds. The van der Waals surface area contributed by atoms with Gasteiger partial charge in [0.2, 0.25) is 0 Å². The molecule has 1 aromatic rings. The van der Waals surface area contributed by atoms with Gasteiger partial charge >= 0.3 is 0 Å². The zero-order valence-corrected chi connectivity index (χ0v) is 11.0. The number of rotatable bonds is 4. The van der Waals surface area contributed by atoms with Gasteiger partial charge in [-0.1, -0.05) is 18.5 Å². The van der Waals surface area contributed by atoms with Gasteiger partial charge in [-0.3, -0.25) is 0 Å². The molecule has 1 heterocycles. The van der Waals surface area contributed by atoms with Crippen molar-refractivity contribution in [1.82, 2.24) is 9.97 Å². The van der Waals surface area contributed by atoms with E-state index in [1.165, 1.54) is 0 Å². The van der Waals surface area contributed by atoms with E-state index in [0.717, 1.165) is 17.9 Å².